The number of rotatable bonds is 4. The van der Waals surface area contributed by atoms with Gasteiger partial charge in [-0.1, -0.05) is 0 Å². The quantitative estimate of drug-likeness (QED) is 0.552. The summed E-state index contributed by atoms with van der Waals surface area (Å²) < 4.78 is 20.8. The molecule has 20 heavy (non-hydrogen) atoms. The molecule has 0 radical (unpaired) electrons. The number of hydrogen-bond donors (Lipinski definition) is 0. The highest BCUT2D eigenvalue weighted by Crippen LogP contribution is 2.30. The molecule has 1 aliphatic rings. The average molecular weight is 288 g/mol. The van der Waals surface area contributed by atoms with Crippen molar-refractivity contribution in [3.8, 4) is 0 Å². The molecule has 114 valence electrons. The van der Waals surface area contributed by atoms with Crippen LogP contribution in [-0.2, 0) is 33.3 Å². The van der Waals surface area contributed by atoms with E-state index in [9.17, 15) is 14.4 Å². The Balaban J connectivity index is 2.72. The normalized spacial score (nSPS) is 29.4. The highest BCUT2D eigenvalue weighted by atomic mass is 16.6. The highest BCUT2D eigenvalue weighted by Gasteiger charge is 2.46. The third-order valence-electron chi connectivity index (χ3n) is 2.92. The Labute approximate surface area is 117 Å². The summed E-state index contributed by atoms with van der Waals surface area (Å²) in [5.41, 5.74) is -1.04. The van der Waals surface area contributed by atoms with Crippen LogP contribution >= 0.6 is 0 Å². The zero-order valence-corrected chi connectivity index (χ0v) is 12.1. The topological polar surface area (TPSA) is 88.1 Å². The second-order valence-corrected chi connectivity index (χ2v) is 4.98. The minimum atomic E-state index is -1.04. The highest BCUT2D eigenvalue weighted by molar-refractivity contribution is 5.68. The molecule has 0 aromatic rings. The molecule has 0 aliphatic carbocycles. The fourth-order valence-electron chi connectivity index (χ4n) is 2.06. The van der Waals surface area contributed by atoms with Gasteiger partial charge in [0.2, 0.25) is 0 Å². The lowest BCUT2D eigenvalue weighted by Gasteiger charge is -2.42. The summed E-state index contributed by atoms with van der Waals surface area (Å²) in [5.74, 6) is -1.36. The second kappa shape index (κ2) is 6.69. The van der Waals surface area contributed by atoms with Gasteiger partial charge in [-0.05, 0) is 6.92 Å². The minimum Gasteiger partial charge on any atom is -0.463 e. The maximum absolute atomic E-state index is 11.2. The van der Waals surface area contributed by atoms with Gasteiger partial charge in [-0.3, -0.25) is 14.4 Å². The van der Waals surface area contributed by atoms with Crippen LogP contribution in [-0.4, -0.2) is 48.9 Å². The molecule has 7 nitrogen and oxygen atoms in total. The van der Waals surface area contributed by atoms with Gasteiger partial charge in [-0.2, -0.15) is 0 Å². The van der Waals surface area contributed by atoms with E-state index in [1.807, 2.05) is 0 Å². The maximum atomic E-state index is 11.2. The summed E-state index contributed by atoms with van der Waals surface area (Å²) in [6.07, 6.45) is -0.749. The van der Waals surface area contributed by atoms with E-state index >= 15 is 0 Å². The maximum Gasteiger partial charge on any atom is 0.303 e. The van der Waals surface area contributed by atoms with Gasteiger partial charge in [0.1, 0.15) is 12.7 Å². The molecule has 0 saturated carbocycles. The van der Waals surface area contributed by atoms with Gasteiger partial charge in [0, 0.05) is 27.2 Å². The van der Waals surface area contributed by atoms with Crippen molar-refractivity contribution >= 4 is 17.9 Å². The Morgan fingerprint density at radius 3 is 2.30 bits per heavy atom. The molecule has 1 rings (SSSR count). The molecule has 0 aromatic carbocycles. The Bertz CT molecular complexity index is 392. The van der Waals surface area contributed by atoms with Crippen molar-refractivity contribution in [2.75, 3.05) is 13.2 Å². The van der Waals surface area contributed by atoms with Crippen LogP contribution in [0.3, 0.4) is 0 Å². The Kier molecular flexibility index (Phi) is 5.50. The minimum absolute atomic E-state index is 0.0659. The van der Waals surface area contributed by atoms with Crippen LogP contribution in [0.2, 0.25) is 0 Å². The van der Waals surface area contributed by atoms with Gasteiger partial charge in [0.15, 0.2) is 5.60 Å². The van der Waals surface area contributed by atoms with Crippen LogP contribution in [0.5, 0.6) is 0 Å². The van der Waals surface area contributed by atoms with E-state index in [2.05, 4.69) is 0 Å². The van der Waals surface area contributed by atoms with Crippen LogP contribution in [0.15, 0.2) is 0 Å². The molecule has 1 saturated heterocycles. The van der Waals surface area contributed by atoms with Crippen LogP contribution in [0.4, 0.5) is 0 Å². The first kappa shape index (κ1) is 16.4. The molecule has 0 N–H and O–H groups in total. The largest absolute Gasteiger partial charge is 0.463 e. The van der Waals surface area contributed by atoms with Crippen LogP contribution in [0.25, 0.3) is 0 Å². The van der Waals surface area contributed by atoms with E-state index in [-0.39, 0.29) is 19.6 Å². The van der Waals surface area contributed by atoms with Crippen molar-refractivity contribution in [2.24, 2.45) is 0 Å². The number of carbonyl (C=O) groups is 3. The predicted octanol–water partition coefficient (Wildman–Crippen LogP) is 0.592. The monoisotopic (exact) mass is 288 g/mol. The van der Waals surface area contributed by atoms with Gasteiger partial charge in [-0.15, -0.1) is 0 Å². The first-order valence-electron chi connectivity index (χ1n) is 6.34. The Hall–Kier alpha value is -1.63. The number of hydrogen-bond acceptors (Lipinski definition) is 7. The third kappa shape index (κ3) is 4.80. The smallest absolute Gasteiger partial charge is 0.303 e. The molecule has 0 amide bonds. The lowest BCUT2D eigenvalue weighted by Crippen LogP contribution is -2.55. The fraction of sp³-hybridized carbons (Fsp3) is 0.769. The van der Waals surface area contributed by atoms with E-state index in [4.69, 9.17) is 18.9 Å². The van der Waals surface area contributed by atoms with Crippen LogP contribution < -0.4 is 0 Å². The van der Waals surface area contributed by atoms with Gasteiger partial charge in [0.05, 0.1) is 12.7 Å². The summed E-state index contributed by atoms with van der Waals surface area (Å²) >= 11 is 0. The predicted molar refractivity (Wildman–Crippen MR) is 66.7 cm³/mol. The number of esters is 3. The lowest BCUT2D eigenvalue weighted by atomic mass is 9.91. The number of ether oxygens (including phenoxy) is 4. The summed E-state index contributed by atoms with van der Waals surface area (Å²) in [5, 5.41) is 0. The average Bonchev–Trinajstić information content (AvgIpc) is 2.28. The summed E-state index contributed by atoms with van der Waals surface area (Å²) in [7, 11) is 0. The van der Waals surface area contributed by atoms with E-state index in [0.717, 1.165) is 0 Å². The molecule has 0 aromatic heterocycles. The molecular formula is C13H20O7. The molecule has 0 bridgehead atoms. The van der Waals surface area contributed by atoms with Crippen LogP contribution in [0, 0.1) is 0 Å². The molecule has 1 aliphatic heterocycles. The molecule has 7 heteroatoms. The standard InChI is InChI=1S/C13H20O7/c1-8(14)17-6-11-5-12(19-9(2)15)13(4,7-18-11)20-10(3)16/h11-12H,5-7H2,1-4H3/t11-,12-,13+/m0/s1. The molecule has 0 spiro atoms. The summed E-state index contributed by atoms with van der Waals surface area (Å²) in [4.78, 5) is 33.1. The van der Waals surface area contributed by atoms with Gasteiger partial charge in [-0.25, -0.2) is 0 Å². The summed E-state index contributed by atoms with van der Waals surface area (Å²) in [6.45, 7) is 5.64. The second-order valence-electron chi connectivity index (χ2n) is 4.98. The van der Waals surface area contributed by atoms with Crippen molar-refractivity contribution in [1.29, 1.82) is 0 Å². The Morgan fingerprint density at radius 1 is 1.15 bits per heavy atom. The lowest BCUT2D eigenvalue weighted by molar-refractivity contribution is -0.220. The van der Waals surface area contributed by atoms with Gasteiger partial charge < -0.3 is 18.9 Å². The zero-order valence-electron chi connectivity index (χ0n) is 12.1. The van der Waals surface area contributed by atoms with E-state index in [1.54, 1.807) is 6.92 Å². The molecule has 1 fully saturated rings. The van der Waals surface area contributed by atoms with Crippen molar-refractivity contribution in [3.63, 3.8) is 0 Å². The molecule has 0 unspecified atom stereocenters. The molecular weight excluding hydrogens is 268 g/mol. The molecule has 3 atom stereocenters. The van der Waals surface area contributed by atoms with Gasteiger partial charge in [0.25, 0.3) is 0 Å². The molecule has 1 heterocycles. The Morgan fingerprint density at radius 2 is 1.80 bits per heavy atom. The fourth-order valence-corrected chi connectivity index (χ4v) is 2.06. The van der Waals surface area contributed by atoms with Crippen molar-refractivity contribution in [1.82, 2.24) is 0 Å². The van der Waals surface area contributed by atoms with E-state index in [1.165, 1.54) is 20.8 Å². The van der Waals surface area contributed by atoms with Crippen molar-refractivity contribution < 1.29 is 33.3 Å². The van der Waals surface area contributed by atoms with Gasteiger partial charge >= 0.3 is 17.9 Å². The van der Waals surface area contributed by atoms with E-state index in [0.29, 0.717) is 0 Å². The third-order valence-corrected chi connectivity index (χ3v) is 2.92. The van der Waals surface area contributed by atoms with Crippen LogP contribution in [0.1, 0.15) is 34.1 Å². The first-order chi connectivity index (χ1) is 9.23. The van der Waals surface area contributed by atoms with Crippen molar-refractivity contribution in [2.45, 2.75) is 51.9 Å². The number of carbonyl (C=O) groups excluding carboxylic acids is 3. The zero-order chi connectivity index (χ0) is 15.3. The van der Waals surface area contributed by atoms with E-state index < -0.39 is 35.7 Å². The summed E-state index contributed by atoms with van der Waals surface area (Å²) in [6, 6.07) is 0. The SMILES string of the molecule is CC(=O)OC[C@@H]1C[C@H](OC(C)=O)[C@](C)(OC(C)=O)CO1. The van der Waals surface area contributed by atoms with Crippen molar-refractivity contribution in [3.05, 3.63) is 0 Å². The first-order valence-corrected chi connectivity index (χ1v) is 6.34.